The van der Waals surface area contributed by atoms with Gasteiger partial charge in [-0.3, -0.25) is 4.79 Å². The highest BCUT2D eigenvalue weighted by molar-refractivity contribution is 5.73. The summed E-state index contributed by atoms with van der Waals surface area (Å²) in [6.07, 6.45) is 0.915. The third-order valence-corrected chi connectivity index (χ3v) is 4.87. The lowest BCUT2D eigenvalue weighted by atomic mass is 10.1. The molecule has 1 aliphatic rings. The molecule has 0 aliphatic carbocycles. The van der Waals surface area contributed by atoms with Gasteiger partial charge in [-0.1, -0.05) is 17.7 Å². The summed E-state index contributed by atoms with van der Waals surface area (Å²) in [4.78, 5) is 22.7. The van der Waals surface area contributed by atoms with Gasteiger partial charge in [0.05, 0.1) is 6.54 Å². The first-order chi connectivity index (χ1) is 12.9. The SMILES string of the molecule is CC(=O)N1CCC(c2nc(C)cc(NCCOc3ccc(C)cc3C)n2)C1. The molecule has 144 valence electrons. The Hall–Kier alpha value is -2.63. The van der Waals surface area contributed by atoms with Crippen LogP contribution in [0, 0.1) is 20.8 Å². The maximum absolute atomic E-state index is 11.5. The highest BCUT2D eigenvalue weighted by Crippen LogP contribution is 2.26. The van der Waals surface area contributed by atoms with Gasteiger partial charge in [-0.05, 0) is 38.8 Å². The molecule has 2 heterocycles. The number of benzene rings is 1. The van der Waals surface area contributed by atoms with Crippen molar-refractivity contribution in [2.45, 2.75) is 40.0 Å². The number of amides is 1. The zero-order chi connectivity index (χ0) is 19.4. The molecular weight excluding hydrogens is 340 g/mol. The Morgan fingerprint density at radius 2 is 2.07 bits per heavy atom. The summed E-state index contributed by atoms with van der Waals surface area (Å²) in [6, 6.07) is 8.13. The minimum Gasteiger partial charge on any atom is -0.491 e. The second-order valence-electron chi connectivity index (χ2n) is 7.25. The Morgan fingerprint density at radius 3 is 2.78 bits per heavy atom. The van der Waals surface area contributed by atoms with Gasteiger partial charge in [-0.2, -0.15) is 0 Å². The highest BCUT2D eigenvalue weighted by atomic mass is 16.5. The molecule has 3 rings (SSSR count). The van der Waals surface area contributed by atoms with Gasteiger partial charge in [-0.15, -0.1) is 0 Å². The molecular formula is C21H28N4O2. The normalized spacial score (nSPS) is 16.4. The van der Waals surface area contributed by atoms with Crippen LogP contribution in [0.4, 0.5) is 5.82 Å². The van der Waals surface area contributed by atoms with Crippen LogP contribution in [0.25, 0.3) is 0 Å². The predicted molar refractivity (Wildman–Crippen MR) is 106 cm³/mol. The number of rotatable bonds is 6. The lowest BCUT2D eigenvalue weighted by molar-refractivity contribution is -0.127. The number of anilines is 1. The summed E-state index contributed by atoms with van der Waals surface area (Å²) in [5.74, 6) is 2.87. The number of nitrogens with one attached hydrogen (secondary N) is 1. The topological polar surface area (TPSA) is 67.4 Å². The molecule has 0 saturated carbocycles. The van der Waals surface area contributed by atoms with Gasteiger partial charge in [0.2, 0.25) is 5.91 Å². The van der Waals surface area contributed by atoms with E-state index in [1.165, 1.54) is 5.56 Å². The van der Waals surface area contributed by atoms with Crippen LogP contribution in [0.1, 0.15) is 41.9 Å². The number of carbonyl (C=O) groups is 1. The fourth-order valence-electron chi connectivity index (χ4n) is 3.42. The number of aromatic nitrogens is 2. The molecule has 1 saturated heterocycles. The molecule has 1 aromatic heterocycles. The number of aryl methyl sites for hydroxylation is 3. The Morgan fingerprint density at radius 1 is 1.26 bits per heavy atom. The first kappa shape index (κ1) is 19.1. The summed E-state index contributed by atoms with van der Waals surface area (Å²) >= 11 is 0. The van der Waals surface area contributed by atoms with Crippen molar-refractivity contribution in [1.82, 2.24) is 14.9 Å². The standard InChI is InChI=1S/C21H28N4O2/c1-14-5-6-19(15(2)11-14)27-10-8-22-20-12-16(3)23-21(24-20)18-7-9-25(13-18)17(4)26/h5-6,11-12,18H,7-10,13H2,1-4H3,(H,22,23,24). The third-order valence-electron chi connectivity index (χ3n) is 4.87. The van der Waals surface area contributed by atoms with Crippen LogP contribution in [-0.4, -0.2) is 47.0 Å². The number of hydrogen-bond donors (Lipinski definition) is 1. The van der Waals surface area contributed by atoms with Crippen molar-refractivity contribution in [2.75, 3.05) is 31.6 Å². The van der Waals surface area contributed by atoms with Crippen LogP contribution >= 0.6 is 0 Å². The van der Waals surface area contributed by atoms with Crippen molar-refractivity contribution in [1.29, 1.82) is 0 Å². The Bertz CT molecular complexity index is 822. The quantitative estimate of drug-likeness (QED) is 0.793. The molecule has 27 heavy (non-hydrogen) atoms. The molecule has 1 N–H and O–H groups in total. The lowest BCUT2D eigenvalue weighted by Crippen LogP contribution is -2.25. The van der Waals surface area contributed by atoms with Gasteiger partial charge >= 0.3 is 0 Å². The molecule has 1 aromatic carbocycles. The smallest absolute Gasteiger partial charge is 0.219 e. The molecule has 6 heteroatoms. The maximum Gasteiger partial charge on any atom is 0.219 e. The summed E-state index contributed by atoms with van der Waals surface area (Å²) in [5.41, 5.74) is 3.31. The van der Waals surface area contributed by atoms with Crippen LogP contribution in [0.2, 0.25) is 0 Å². The van der Waals surface area contributed by atoms with Crippen molar-refractivity contribution >= 4 is 11.7 Å². The highest BCUT2D eigenvalue weighted by Gasteiger charge is 2.27. The average Bonchev–Trinajstić information content (AvgIpc) is 3.10. The third kappa shape index (κ3) is 4.96. The molecule has 0 spiro atoms. The molecule has 1 atom stereocenters. The number of likely N-dealkylation sites (tertiary alicyclic amines) is 1. The largest absolute Gasteiger partial charge is 0.491 e. The van der Waals surface area contributed by atoms with Gasteiger partial charge in [0.25, 0.3) is 0 Å². The van der Waals surface area contributed by atoms with Crippen molar-refractivity contribution in [2.24, 2.45) is 0 Å². The molecule has 1 fully saturated rings. The summed E-state index contributed by atoms with van der Waals surface area (Å²) in [5, 5.41) is 3.33. The minimum atomic E-state index is 0.118. The fraction of sp³-hybridized carbons (Fsp3) is 0.476. The molecule has 1 aliphatic heterocycles. The van der Waals surface area contributed by atoms with Crippen LogP contribution < -0.4 is 10.1 Å². The molecule has 0 radical (unpaired) electrons. The van der Waals surface area contributed by atoms with Crippen molar-refractivity contribution in [3.05, 3.63) is 46.9 Å². The molecule has 1 unspecified atom stereocenters. The Kier molecular flexibility index (Phi) is 5.94. The zero-order valence-corrected chi connectivity index (χ0v) is 16.6. The van der Waals surface area contributed by atoms with Crippen LogP contribution in [0.15, 0.2) is 24.3 Å². The van der Waals surface area contributed by atoms with E-state index in [1.807, 2.05) is 24.0 Å². The summed E-state index contributed by atoms with van der Waals surface area (Å²) < 4.78 is 5.86. The van der Waals surface area contributed by atoms with Gasteiger partial charge in [-0.25, -0.2) is 9.97 Å². The predicted octanol–water partition coefficient (Wildman–Crippen LogP) is 3.23. The van der Waals surface area contributed by atoms with Gasteiger partial charge < -0.3 is 15.0 Å². The van der Waals surface area contributed by atoms with E-state index < -0.39 is 0 Å². The van der Waals surface area contributed by atoms with E-state index in [0.717, 1.165) is 41.6 Å². The van der Waals surface area contributed by atoms with E-state index in [0.29, 0.717) is 19.7 Å². The summed E-state index contributed by atoms with van der Waals surface area (Å²) in [6.45, 7) is 10.4. The van der Waals surface area contributed by atoms with E-state index >= 15 is 0 Å². The Labute approximate surface area is 161 Å². The number of nitrogens with zero attached hydrogens (tertiary/aromatic N) is 3. The average molecular weight is 368 g/mol. The first-order valence-electron chi connectivity index (χ1n) is 9.47. The maximum atomic E-state index is 11.5. The lowest BCUT2D eigenvalue weighted by Gasteiger charge is -2.15. The summed E-state index contributed by atoms with van der Waals surface area (Å²) in [7, 11) is 0. The molecule has 0 bridgehead atoms. The fourth-order valence-corrected chi connectivity index (χ4v) is 3.42. The first-order valence-corrected chi connectivity index (χ1v) is 9.47. The van der Waals surface area contributed by atoms with Crippen molar-refractivity contribution in [3.63, 3.8) is 0 Å². The van der Waals surface area contributed by atoms with Gasteiger partial charge in [0, 0.05) is 37.7 Å². The van der Waals surface area contributed by atoms with Crippen LogP contribution in [0.5, 0.6) is 5.75 Å². The van der Waals surface area contributed by atoms with Gasteiger partial charge in [0.15, 0.2) is 0 Å². The zero-order valence-electron chi connectivity index (χ0n) is 16.6. The van der Waals surface area contributed by atoms with Crippen LogP contribution in [-0.2, 0) is 4.79 Å². The van der Waals surface area contributed by atoms with Gasteiger partial charge in [0.1, 0.15) is 24.0 Å². The molecule has 6 nitrogen and oxygen atoms in total. The minimum absolute atomic E-state index is 0.118. The second-order valence-corrected chi connectivity index (χ2v) is 7.25. The Balaban J connectivity index is 1.56. The van der Waals surface area contributed by atoms with E-state index in [9.17, 15) is 4.79 Å². The molecule has 1 amide bonds. The van der Waals surface area contributed by atoms with E-state index in [2.05, 4.69) is 41.3 Å². The number of hydrogen-bond acceptors (Lipinski definition) is 5. The monoisotopic (exact) mass is 368 g/mol. The second kappa shape index (κ2) is 8.37. The van der Waals surface area contributed by atoms with E-state index in [1.54, 1.807) is 6.92 Å². The molecule has 2 aromatic rings. The van der Waals surface area contributed by atoms with E-state index in [-0.39, 0.29) is 11.8 Å². The number of ether oxygens (including phenoxy) is 1. The van der Waals surface area contributed by atoms with E-state index in [4.69, 9.17) is 4.74 Å². The van der Waals surface area contributed by atoms with Crippen LogP contribution in [0.3, 0.4) is 0 Å². The van der Waals surface area contributed by atoms with Crippen molar-refractivity contribution < 1.29 is 9.53 Å². The number of carbonyl (C=O) groups excluding carboxylic acids is 1. The van der Waals surface area contributed by atoms with Crippen molar-refractivity contribution in [3.8, 4) is 5.75 Å².